The van der Waals surface area contributed by atoms with Crippen LogP contribution in [0.25, 0.3) is 10.9 Å². The van der Waals surface area contributed by atoms with Crippen LogP contribution in [-0.4, -0.2) is 52.0 Å². The highest BCUT2D eigenvalue weighted by atomic mass is 16.2. The lowest BCUT2D eigenvalue weighted by Gasteiger charge is -2.37. The minimum Gasteiger partial charge on any atom is -0.332 e. The van der Waals surface area contributed by atoms with Gasteiger partial charge in [0.1, 0.15) is 0 Å². The Labute approximate surface area is 146 Å². The van der Waals surface area contributed by atoms with Crippen molar-refractivity contribution in [1.82, 2.24) is 20.1 Å². The first-order valence-corrected chi connectivity index (χ1v) is 8.95. The first-order valence-electron chi connectivity index (χ1n) is 8.95. The molecule has 6 nitrogen and oxygen atoms in total. The zero-order valence-electron chi connectivity index (χ0n) is 14.7. The minimum atomic E-state index is -0.0277. The number of piperidine rings is 1. The molecule has 2 aliphatic rings. The number of hydrogen-bond acceptors (Lipinski definition) is 3. The van der Waals surface area contributed by atoms with Gasteiger partial charge in [-0.25, -0.2) is 4.79 Å². The van der Waals surface area contributed by atoms with Crippen molar-refractivity contribution in [3.05, 3.63) is 46.2 Å². The van der Waals surface area contributed by atoms with Gasteiger partial charge in [-0.1, -0.05) is 18.2 Å². The molecular formula is C19H24N4O2. The number of benzene rings is 1. The van der Waals surface area contributed by atoms with Crippen LogP contribution in [0.1, 0.15) is 25.8 Å². The van der Waals surface area contributed by atoms with Crippen molar-refractivity contribution in [1.29, 1.82) is 0 Å². The second-order valence-corrected chi connectivity index (χ2v) is 7.36. The second-order valence-electron chi connectivity index (χ2n) is 7.36. The molecule has 1 aromatic heterocycles. The Balaban J connectivity index is 1.51. The zero-order chi connectivity index (χ0) is 17.6. The Bertz CT molecular complexity index is 860. The quantitative estimate of drug-likeness (QED) is 0.897. The maximum atomic E-state index is 12.4. The second kappa shape index (κ2) is 6.19. The molecule has 1 aromatic carbocycles. The average molecular weight is 340 g/mol. The predicted octanol–water partition coefficient (Wildman–Crippen LogP) is 1.90. The van der Waals surface area contributed by atoms with Crippen molar-refractivity contribution < 1.29 is 4.79 Å². The van der Waals surface area contributed by atoms with Crippen LogP contribution in [0.5, 0.6) is 0 Å². The van der Waals surface area contributed by atoms with Crippen LogP contribution in [0.15, 0.2) is 35.1 Å². The Hall–Kier alpha value is -2.34. The van der Waals surface area contributed by atoms with E-state index in [-0.39, 0.29) is 29.7 Å². The number of nitrogens with one attached hydrogen (secondary N) is 2. The van der Waals surface area contributed by atoms with E-state index in [0.717, 1.165) is 36.0 Å². The van der Waals surface area contributed by atoms with E-state index in [1.54, 1.807) is 0 Å². The number of aromatic nitrogens is 1. The van der Waals surface area contributed by atoms with Crippen molar-refractivity contribution >= 4 is 16.9 Å². The lowest BCUT2D eigenvalue weighted by Crippen LogP contribution is -2.52. The predicted molar refractivity (Wildman–Crippen MR) is 97.5 cm³/mol. The van der Waals surface area contributed by atoms with Crippen LogP contribution in [0.3, 0.4) is 0 Å². The number of hydrogen-bond donors (Lipinski definition) is 2. The van der Waals surface area contributed by atoms with Gasteiger partial charge >= 0.3 is 6.03 Å². The molecule has 2 saturated heterocycles. The van der Waals surface area contributed by atoms with E-state index in [0.29, 0.717) is 6.54 Å². The van der Waals surface area contributed by atoms with Crippen LogP contribution < -0.4 is 10.9 Å². The summed E-state index contributed by atoms with van der Waals surface area (Å²) in [6.45, 7) is 6.41. The third-order valence-corrected chi connectivity index (χ3v) is 5.34. The highest BCUT2D eigenvalue weighted by molar-refractivity contribution is 5.79. The zero-order valence-corrected chi connectivity index (χ0v) is 14.7. The fourth-order valence-corrected chi connectivity index (χ4v) is 4.18. The first-order chi connectivity index (χ1) is 12.0. The normalized spacial score (nSPS) is 24.0. The first kappa shape index (κ1) is 16.1. The summed E-state index contributed by atoms with van der Waals surface area (Å²) in [5.74, 6) is 0. The Morgan fingerprint density at radius 1 is 1.24 bits per heavy atom. The lowest BCUT2D eigenvalue weighted by atomic mass is 9.98. The summed E-state index contributed by atoms with van der Waals surface area (Å²) >= 11 is 0. The fourth-order valence-electron chi connectivity index (χ4n) is 4.18. The maximum Gasteiger partial charge on any atom is 0.318 e. The molecule has 2 aliphatic heterocycles. The molecule has 0 unspecified atom stereocenters. The van der Waals surface area contributed by atoms with Crippen molar-refractivity contribution in [2.24, 2.45) is 0 Å². The van der Waals surface area contributed by atoms with Gasteiger partial charge in [-0.2, -0.15) is 0 Å². The molecule has 2 fully saturated rings. The van der Waals surface area contributed by atoms with Gasteiger partial charge < -0.3 is 15.2 Å². The molecule has 0 spiro atoms. The van der Waals surface area contributed by atoms with Crippen LogP contribution >= 0.6 is 0 Å². The summed E-state index contributed by atoms with van der Waals surface area (Å²) in [6.07, 6.45) is 0.938. The SMILES string of the molecule is CC(C)N1C(=O)N[C@@H]2CN(Cc3cc4ccccc4[nH]c3=O)CC[C@@H]21. The van der Waals surface area contributed by atoms with Crippen LogP contribution in [-0.2, 0) is 6.54 Å². The largest absolute Gasteiger partial charge is 0.332 e. The summed E-state index contributed by atoms with van der Waals surface area (Å²) < 4.78 is 0. The highest BCUT2D eigenvalue weighted by Gasteiger charge is 2.43. The Morgan fingerprint density at radius 3 is 2.84 bits per heavy atom. The van der Waals surface area contributed by atoms with Gasteiger partial charge in [-0.05, 0) is 37.8 Å². The summed E-state index contributed by atoms with van der Waals surface area (Å²) in [5.41, 5.74) is 1.62. The average Bonchev–Trinajstić information content (AvgIpc) is 2.90. The van der Waals surface area contributed by atoms with E-state index >= 15 is 0 Å². The van der Waals surface area contributed by atoms with Crippen LogP contribution in [0, 0.1) is 0 Å². The molecule has 2 atom stereocenters. The number of carbonyl (C=O) groups is 1. The van der Waals surface area contributed by atoms with Gasteiger partial charge in [0, 0.05) is 36.8 Å². The molecule has 25 heavy (non-hydrogen) atoms. The van der Waals surface area contributed by atoms with E-state index in [1.807, 2.05) is 35.2 Å². The number of pyridine rings is 1. The number of rotatable bonds is 3. The van der Waals surface area contributed by atoms with Crippen molar-refractivity contribution in [2.75, 3.05) is 13.1 Å². The number of aromatic amines is 1. The molecule has 4 rings (SSSR count). The smallest absolute Gasteiger partial charge is 0.318 e. The molecule has 0 aliphatic carbocycles. The summed E-state index contributed by atoms with van der Waals surface area (Å²) in [7, 11) is 0. The monoisotopic (exact) mass is 340 g/mol. The molecular weight excluding hydrogens is 316 g/mol. The fraction of sp³-hybridized carbons (Fsp3) is 0.474. The van der Waals surface area contributed by atoms with E-state index < -0.39 is 0 Å². The molecule has 3 heterocycles. The highest BCUT2D eigenvalue weighted by Crippen LogP contribution is 2.25. The van der Waals surface area contributed by atoms with E-state index in [2.05, 4.69) is 29.0 Å². The Kier molecular flexibility index (Phi) is 4.00. The molecule has 2 aromatic rings. The van der Waals surface area contributed by atoms with E-state index in [4.69, 9.17) is 0 Å². The van der Waals surface area contributed by atoms with Crippen molar-refractivity contribution in [3.8, 4) is 0 Å². The molecule has 2 amide bonds. The third-order valence-electron chi connectivity index (χ3n) is 5.34. The van der Waals surface area contributed by atoms with Crippen molar-refractivity contribution in [3.63, 3.8) is 0 Å². The van der Waals surface area contributed by atoms with Gasteiger partial charge in [-0.15, -0.1) is 0 Å². The standard InChI is InChI=1S/C19H24N4O2/c1-12(2)23-17-7-8-22(11-16(17)21-19(23)25)10-14-9-13-5-3-4-6-15(13)20-18(14)24/h3-6,9,12,16-17H,7-8,10-11H2,1-2H3,(H,20,24)(H,21,25)/t16-,17+/m1/s1. The van der Waals surface area contributed by atoms with Gasteiger partial charge in [-0.3, -0.25) is 9.69 Å². The molecule has 132 valence electrons. The number of carbonyl (C=O) groups excluding carboxylic acids is 1. The maximum absolute atomic E-state index is 12.4. The van der Waals surface area contributed by atoms with E-state index in [9.17, 15) is 9.59 Å². The van der Waals surface area contributed by atoms with Crippen LogP contribution in [0.4, 0.5) is 4.79 Å². The molecule has 0 radical (unpaired) electrons. The number of para-hydroxylation sites is 1. The minimum absolute atomic E-state index is 0.0277. The van der Waals surface area contributed by atoms with Gasteiger partial charge in [0.15, 0.2) is 0 Å². The van der Waals surface area contributed by atoms with E-state index in [1.165, 1.54) is 0 Å². The molecule has 2 N–H and O–H groups in total. The van der Waals surface area contributed by atoms with Gasteiger partial charge in [0.2, 0.25) is 0 Å². The number of likely N-dealkylation sites (tertiary alicyclic amines) is 1. The Morgan fingerprint density at radius 2 is 2.04 bits per heavy atom. The van der Waals surface area contributed by atoms with Crippen LogP contribution in [0.2, 0.25) is 0 Å². The molecule has 0 saturated carbocycles. The summed E-state index contributed by atoms with van der Waals surface area (Å²) in [4.78, 5) is 31.8. The number of fused-ring (bicyclic) bond motifs is 2. The molecule has 0 bridgehead atoms. The number of amides is 2. The van der Waals surface area contributed by atoms with Gasteiger partial charge in [0.25, 0.3) is 5.56 Å². The summed E-state index contributed by atoms with van der Waals surface area (Å²) in [5, 5.41) is 4.15. The number of urea groups is 1. The van der Waals surface area contributed by atoms with Gasteiger partial charge in [0.05, 0.1) is 12.1 Å². The number of nitrogens with zero attached hydrogens (tertiary/aromatic N) is 2. The topological polar surface area (TPSA) is 68.4 Å². The van der Waals surface area contributed by atoms with Crippen molar-refractivity contribution in [2.45, 2.75) is 44.9 Å². The third kappa shape index (κ3) is 2.91. The summed E-state index contributed by atoms with van der Waals surface area (Å²) in [6, 6.07) is 10.5. The molecule has 6 heteroatoms. The lowest BCUT2D eigenvalue weighted by molar-refractivity contribution is 0.122. The number of H-pyrrole nitrogens is 1.